The number of halogens is 1. The Hall–Kier alpha value is -1.86. The van der Waals surface area contributed by atoms with Gasteiger partial charge in [0.1, 0.15) is 6.54 Å². The highest BCUT2D eigenvalue weighted by atomic mass is 79.9. The van der Waals surface area contributed by atoms with E-state index in [-0.39, 0.29) is 12.5 Å². The van der Waals surface area contributed by atoms with Gasteiger partial charge in [0.15, 0.2) is 0 Å². The molecule has 2 aromatic rings. The molecule has 2 rings (SSSR count). The highest BCUT2D eigenvalue weighted by molar-refractivity contribution is 9.10. The van der Waals surface area contributed by atoms with Gasteiger partial charge in [0.2, 0.25) is 0 Å². The van der Waals surface area contributed by atoms with Crippen molar-refractivity contribution in [2.45, 2.75) is 6.92 Å². The molecule has 19 heavy (non-hydrogen) atoms. The van der Waals surface area contributed by atoms with Gasteiger partial charge in [-0.25, -0.2) is 0 Å². The fraction of sp³-hybridized carbons (Fsp3) is 0.200. The van der Waals surface area contributed by atoms with Crippen LogP contribution in [-0.4, -0.2) is 23.9 Å². The number of carbonyl (C=O) groups is 1. The van der Waals surface area contributed by atoms with Crippen molar-refractivity contribution in [3.8, 4) is 6.07 Å². The fourth-order valence-electron chi connectivity index (χ4n) is 1.94. The van der Waals surface area contributed by atoms with Crippen LogP contribution >= 0.6 is 15.9 Å². The average Bonchev–Trinajstić information content (AvgIpc) is 2.43. The highest BCUT2D eigenvalue weighted by Crippen LogP contribution is 2.21. The lowest BCUT2D eigenvalue weighted by molar-refractivity contribution is 0.0784. The number of hydrogen-bond acceptors (Lipinski definition) is 2. The van der Waals surface area contributed by atoms with Gasteiger partial charge in [0, 0.05) is 16.6 Å². The van der Waals surface area contributed by atoms with E-state index in [0.717, 1.165) is 15.2 Å². The number of carbonyl (C=O) groups excluding carboxylic acids is 1. The maximum atomic E-state index is 12.2. The van der Waals surface area contributed by atoms with Crippen molar-refractivity contribution in [3.05, 3.63) is 46.4 Å². The predicted octanol–water partition coefficient (Wildman–Crippen LogP) is 3.59. The van der Waals surface area contributed by atoms with E-state index < -0.39 is 0 Å². The van der Waals surface area contributed by atoms with Crippen LogP contribution in [0.1, 0.15) is 17.3 Å². The molecule has 0 saturated carbocycles. The number of hydrogen-bond donors (Lipinski definition) is 0. The smallest absolute Gasteiger partial charge is 0.254 e. The molecule has 0 radical (unpaired) electrons. The van der Waals surface area contributed by atoms with Gasteiger partial charge in [-0.2, -0.15) is 5.26 Å². The number of nitriles is 1. The summed E-state index contributed by atoms with van der Waals surface area (Å²) in [7, 11) is 0. The summed E-state index contributed by atoms with van der Waals surface area (Å²) in [5.41, 5.74) is 0.618. The molecule has 2 aromatic carbocycles. The molecule has 0 aliphatic carbocycles. The van der Waals surface area contributed by atoms with Crippen molar-refractivity contribution in [1.82, 2.24) is 4.90 Å². The molecule has 0 aliphatic heterocycles. The molecule has 0 aromatic heterocycles. The number of rotatable bonds is 3. The number of amides is 1. The van der Waals surface area contributed by atoms with Gasteiger partial charge in [-0.1, -0.05) is 28.1 Å². The zero-order valence-corrected chi connectivity index (χ0v) is 12.1. The molecule has 0 heterocycles. The van der Waals surface area contributed by atoms with Crippen LogP contribution in [0.15, 0.2) is 40.9 Å². The molecule has 4 heteroatoms. The van der Waals surface area contributed by atoms with E-state index >= 15 is 0 Å². The van der Waals surface area contributed by atoms with Gasteiger partial charge >= 0.3 is 0 Å². The summed E-state index contributed by atoms with van der Waals surface area (Å²) in [5.74, 6) is -0.103. The number of fused-ring (bicyclic) bond motifs is 1. The molecular formula is C15H13BrN2O. The van der Waals surface area contributed by atoms with E-state index in [4.69, 9.17) is 5.26 Å². The van der Waals surface area contributed by atoms with Crippen molar-refractivity contribution in [2.24, 2.45) is 0 Å². The van der Waals surface area contributed by atoms with Gasteiger partial charge in [0.05, 0.1) is 6.07 Å². The largest absolute Gasteiger partial charge is 0.326 e. The molecule has 0 spiro atoms. The van der Waals surface area contributed by atoms with Crippen LogP contribution in [0.5, 0.6) is 0 Å². The summed E-state index contributed by atoms with van der Waals surface area (Å²) in [4.78, 5) is 13.8. The Bertz CT molecular complexity index is 661. The lowest BCUT2D eigenvalue weighted by atomic mass is 10.1. The van der Waals surface area contributed by atoms with Crippen molar-refractivity contribution in [1.29, 1.82) is 5.26 Å². The molecule has 96 valence electrons. The second-order valence-corrected chi connectivity index (χ2v) is 5.10. The van der Waals surface area contributed by atoms with Crippen LogP contribution in [0, 0.1) is 11.3 Å². The first-order valence-electron chi connectivity index (χ1n) is 6.01. The Morgan fingerprint density at radius 3 is 2.63 bits per heavy atom. The van der Waals surface area contributed by atoms with Crippen LogP contribution in [0.2, 0.25) is 0 Å². The molecule has 0 atom stereocenters. The third-order valence-electron chi connectivity index (χ3n) is 2.98. The molecule has 0 saturated heterocycles. The third-order valence-corrected chi connectivity index (χ3v) is 3.47. The van der Waals surface area contributed by atoms with Crippen LogP contribution in [0.3, 0.4) is 0 Å². The lowest BCUT2D eigenvalue weighted by Crippen LogP contribution is -2.31. The van der Waals surface area contributed by atoms with Crippen molar-refractivity contribution < 1.29 is 4.79 Å². The maximum Gasteiger partial charge on any atom is 0.254 e. The molecule has 0 aliphatic rings. The van der Waals surface area contributed by atoms with Gasteiger partial charge in [0.25, 0.3) is 5.91 Å². The van der Waals surface area contributed by atoms with Gasteiger partial charge in [-0.05, 0) is 42.0 Å². The molecule has 0 bridgehead atoms. The number of nitrogens with zero attached hydrogens (tertiary/aromatic N) is 2. The first-order chi connectivity index (χ1) is 9.15. The first-order valence-corrected chi connectivity index (χ1v) is 6.80. The second kappa shape index (κ2) is 5.85. The lowest BCUT2D eigenvalue weighted by Gasteiger charge is -2.17. The number of benzene rings is 2. The molecule has 0 fully saturated rings. The Kier molecular flexibility index (Phi) is 4.18. The Morgan fingerprint density at radius 2 is 1.95 bits per heavy atom. The van der Waals surface area contributed by atoms with Crippen LogP contribution in [0.25, 0.3) is 10.8 Å². The summed E-state index contributed by atoms with van der Waals surface area (Å²) in [6.45, 7) is 2.52. The SMILES string of the molecule is CCN(CC#N)C(=O)c1ccc2cc(Br)ccc2c1. The zero-order valence-electron chi connectivity index (χ0n) is 10.6. The molecule has 0 unspecified atom stereocenters. The Labute approximate surface area is 120 Å². The summed E-state index contributed by atoms with van der Waals surface area (Å²) >= 11 is 3.42. The van der Waals surface area contributed by atoms with E-state index in [2.05, 4.69) is 15.9 Å². The minimum Gasteiger partial charge on any atom is -0.326 e. The maximum absolute atomic E-state index is 12.2. The van der Waals surface area contributed by atoms with Gasteiger partial charge in [-0.15, -0.1) is 0 Å². The van der Waals surface area contributed by atoms with Crippen LogP contribution < -0.4 is 0 Å². The van der Waals surface area contributed by atoms with E-state index in [1.807, 2.05) is 43.3 Å². The van der Waals surface area contributed by atoms with Gasteiger partial charge in [-0.3, -0.25) is 4.79 Å². The highest BCUT2D eigenvalue weighted by Gasteiger charge is 2.13. The normalized spacial score (nSPS) is 10.2. The van der Waals surface area contributed by atoms with Crippen LogP contribution in [0.4, 0.5) is 0 Å². The Balaban J connectivity index is 2.38. The van der Waals surface area contributed by atoms with Gasteiger partial charge < -0.3 is 4.90 Å². The summed E-state index contributed by atoms with van der Waals surface area (Å²) in [6, 6.07) is 13.5. The molecule has 1 amide bonds. The molecule has 3 nitrogen and oxygen atoms in total. The minimum atomic E-state index is -0.103. The zero-order chi connectivity index (χ0) is 13.8. The predicted molar refractivity (Wildman–Crippen MR) is 78.8 cm³/mol. The molecule has 0 N–H and O–H groups in total. The van der Waals surface area contributed by atoms with E-state index in [1.54, 1.807) is 6.07 Å². The van der Waals surface area contributed by atoms with E-state index in [1.165, 1.54) is 4.90 Å². The van der Waals surface area contributed by atoms with Crippen molar-refractivity contribution in [2.75, 3.05) is 13.1 Å². The fourth-order valence-corrected chi connectivity index (χ4v) is 2.32. The summed E-state index contributed by atoms with van der Waals surface area (Å²) in [6.07, 6.45) is 0. The Morgan fingerprint density at radius 1 is 1.26 bits per heavy atom. The topological polar surface area (TPSA) is 44.1 Å². The minimum absolute atomic E-state index is 0.103. The standard InChI is InChI=1S/C15H13BrN2O/c1-2-18(8-7-17)15(19)13-4-3-12-10-14(16)6-5-11(12)9-13/h3-6,9-10H,2,8H2,1H3. The third kappa shape index (κ3) is 2.94. The monoisotopic (exact) mass is 316 g/mol. The van der Waals surface area contributed by atoms with Crippen molar-refractivity contribution >= 4 is 32.6 Å². The van der Waals surface area contributed by atoms with E-state index in [9.17, 15) is 4.79 Å². The van der Waals surface area contributed by atoms with Crippen molar-refractivity contribution in [3.63, 3.8) is 0 Å². The second-order valence-electron chi connectivity index (χ2n) is 4.18. The first kappa shape index (κ1) is 13.6. The van der Waals surface area contributed by atoms with Crippen LogP contribution in [-0.2, 0) is 0 Å². The van der Waals surface area contributed by atoms with E-state index in [0.29, 0.717) is 12.1 Å². The average molecular weight is 317 g/mol. The summed E-state index contributed by atoms with van der Waals surface area (Å²) < 4.78 is 1.01. The molecular weight excluding hydrogens is 304 g/mol. The summed E-state index contributed by atoms with van der Waals surface area (Å²) in [5, 5.41) is 10.8. The quantitative estimate of drug-likeness (QED) is 0.812.